The lowest BCUT2D eigenvalue weighted by molar-refractivity contribution is -0.775. The second kappa shape index (κ2) is 3.77. The van der Waals surface area contributed by atoms with E-state index in [0.717, 1.165) is 0 Å². The van der Waals surface area contributed by atoms with Crippen molar-refractivity contribution >= 4 is 0 Å². The van der Waals surface area contributed by atoms with Crippen LogP contribution in [0.3, 0.4) is 0 Å². The predicted molar refractivity (Wildman–Crippen MR) is 42.2 cm³/mol. The van der Waals surface area contributed by atoms with Crippen LogP contribution in [0.5, 0.6) is 0 Å². The zero-order valence-corrected chi connectivity index (χ0v) is 7.25. The summed E-state index contributed by atoms with van der Waals surface area (Å²) in [6, 6.07) is 0. The number of hydrogen-bond acceptors (Lipinski definition) is 6. The second-order valence-electron chi connectivity index (χ2n) is 2.66. The van der Waals surface area contributed by atoms with Crippen LogP contribution in [-0.4, -0.2) is 50.1 Å². The van der Waals surface area contributed by atoms with Crippen LogP contribution in [0.4, 0.5) is 0 Å². The van der Waals surface area contributed by atoms with Crippen molar-refractivity contribution in [3.05, 3.63) is 30.3 Å². The molecule has 1 saturated heterocycles. The third-order valence-electron chi connectivity index (χ3n) is 1.67. The standard InChI is InChI=1S/C3H6N6O6/c10-7(11)4-1-5(8(12)13)3-6(2-4)9(14)15/h1-3H2/p+1. The summed E-state index contributed by atoms with van der Waals surface area (Å²) in [5.74, 6) is 0. The lowest BCUT2D eigenvalue weighted by Crippen LogP contribution is -2.59. The van der Waals surface area contributed by atoms with E-state index in [1.807, 2.05) is 0 Å². The van der Waals surface area contributed by atoms with E-state index in [9.17, 15) is 30.3 Å². The van der Waals surface area contributed by atoms with Gasteiger partial charge in [0.15, 0.2) is 15.1 Å². The maximum absolute atomic E-state index is 10.3. The molecule has 84 valence electrons. The van der Waals surface area contributed by atoms with Gasteiger partial charge in [-0.3, -0.25) is 0 Å². The molecule has 1 rings (SSSR count). The summed E-state index contributed by atoms with van der Waals surface area (Å²) in [6.07, 6.45) is 0. The average molecular weight is 223 g/mol. The van der Waals surface area contributed by atoms with Gasteiger partial charge < -0.3 is 0 Å². The SMILES string of the molecule is O=[N+]([O-])N1CN([N+](=O)[O-])CN([N+](=O)[O-])C1.[H+]. The highest BCUT2D eigenvalue weighted by atomic mass is 16.7. The van der Waals surface area contributed by atoms with Crippen LogP contribution < -0.4 is 0 Å². The molecule has 0 amide bonds. The normalized spacial score (nSPS) is 16.4. The largest absolute Gasteiger partial charge is 1.00 e. The van der Waals surface area contributed by atoms with E-state index in [-0.39, 0.29) is 1.43 Å². The molecular weight excluding hydrogens is 216 g/mol. The van der Waals surface area contributed by atoms with E-state index in [1.54, 1.807) is 0 Å². The van der Waals surface area contributed by atoms with Crippen LogP contribution >= 0.6 is 0 Å². The number of hydrazine groups is 3. The minimum Gasteiger partial charge on any atom is -0.235 e. The molecule has 0 bridgehead atoms. The molecule has 1 aliphatic rings. The highest BCUT2D eigenvalue weighted by Gasteiger charge is 2.39. The lowest BCUT2D eigenvalue weighted by atomic mass is 10.7. The zero-order valence-electron chi connectivity index (χ0n) is 8.25. The van der Waals surface area contributed by atoms with Crippen molar-refractivity contribution in [2.24, 2.45) is 0 Å². The van der Waals surface area contributed by atoms with E-state index in [2.05, 4.69) is 0 Å². The molecule has 0 aromatic carbocycles. The Kier molecular flexibility index (Phi) is 2.68. The summed E-state index contributed by atoms with van der Waals surface area (Å²) < 4.78 is 0. The van der Waals surface area contributed by atoms with Crippen molar-refractivity contribution in [1.82, 2.24) is 15.0 Å². The number of hydrogen-bond donors (Lipinski definition) is 0. The Labute approximate surface area is 83.1 Å². The van der Waals surface area contributed by atoms with Crippen molar-refractivity contribution < 1.29 is 16.5 Å². The van der Waals surface area contributed by atoms with Crippen LogP contribution in [0.2, 0.25) is 0 Å². The molecule has 0 radical (unpaired) electrons. The molecule has 1 fully saturated rings. The van der Waals surface area contributed by atoms with Crippen LogP contribution in [-0.2, 0) is 0 Å². The monoisotopic (exact) mass is 223 g/mol. The molecule has 12 nitrogen and oxygen atoms in total. The summed E-state index contributed by atoms with van der Waals surface area (Å²) >= 11 is 0. The van der Waals surface area contributed by atoms with Gasteiger partial charge in [0.05, 0.1) is 0 Å². The molecule has 0 aliphatic carbocycles. The van der Waals surface area contributed by atoms with Gasteiger partial charge in [-0.05, 0) is 0 Å². The molecule has 1 aliphatic heterocycles. The first-order chi connectivity index (χ1) is 6.91. The van der Waals surface area contributed by atoms with Gasteiger partial charge in [-0.1, -0.05) is 15.0 Å². The first kappa shape index (κ1) is 10.7. The fraction of sp³-hybridized carbons (Fsp3) is 1.00. The van der Waals surface area contributed by atoms with Gasteiger partial charge in [-0.15, -0.1) is 0 Å². The van der Waals surface area contributed by atoms with E-state index in [0.29, 0.717) is 15.0 Å². The summed E-state index contributed by atoms with van der Waals surface area (Å²) in [7, 11) is 0. The molecule has 0 unspecified atom stereocenters. The van der Waals surface area contributed by atoms with Gasteiger partial charge in [-0.25, -0.2) is 30.3 Å². The summed E-state index contributed by atoms with van der Waals surface area (Å²) in [6.45, 7) is -1.78. The van der Waals surface area contributed by atoms with Crippen LogP contribution in [0.15, 0.2) is 0 Å². The number of nitrogens with zero attached hydrogens (tertiary/aromatic N) is 6. The Morgan fingerprint density at radius 1 is 0.733 bits per heavy atom. The molecule has 0 saturated carbocycles. The average Bonchev–Trinajstić information content (AvgIpc) is 2.16. The first-order valence-electron chi connectivity index (χ1n) is 3.59. The van der Waals surface area contributed by atoms with Crippen molar-refractivity contribution in [3.8, 4) is 0 Å². The minimum absolute atomic E-state index is 0. The Morgan fingerprint density at radius 2 is 0.933 bits per heavy atom. The van der Waals surface area contributed by atoms with Gasteiger partial charge in [0.25, 0.3) is 0 Å². The Balaban J connectivity index is 0.00000225. The first-order valence-corrected chi connectivity index (χ1v) is 3.59. The zero-order chi connectivity index (χ0) is 11.6. The van der Waals surface area contributed by atoms with Gasteiger partial charge in [-0.2, -0.15) is 0 Å². The third kappa shape index (κ3) is 2.29. The summed E-state index contributed by atoms with van der Waals surface area (Å²) in [4.78, 5) is 31.0. The molecule has 1 heterocycles. The van der Waals surface area contributed by atoms with Crippen molar-refractivity contribution in [3.63, 3.8) is 0 Å². The Morgan fingerprint density at radius 3 is 1.07 bits per heavy atom. The molecule has 0 aromatic rings. The molecule has 0 N–H and O–H groups in total. The molecule has 15 heavy (non-hydrogen) atoms. The number of nitro groups is 3. The van der Waals surface area contributed by atoms with E-state index >= 15 is 0 Å². The highest BCUT2D eigenvalue weighted by molar-refractivity contribution is 4.50. The van der Waals surface area contributed by atoms with Crippen molar-refractivity contribution in [1.29, 1.82) is 0 Å². The van der Waals surface area contributed by atoms with E-state index in [4.69, 9.17) is 0 Å². The maximum Gasteiger partial charge on any atom is 1.00 e. The van der Waals surface area contributed by atoms with Crippen molar-refractivity contribution in [2.45, 2.75) is 0 Å². The predicted octanol–water partition coefficient (Wildman–Crippen LogP) is -1.53. The fourth-order valence-corrected chi connectivity index (χ4v) is 1.01. The van der Waals surface area contributed by atoms with Gasteiger partial charge >= 0.3 is 1.43 Å². The Bertz CT molecular complexity index is 257. The third-order valence-corrected chi connectivity index (χ3v) is 1.67. The molecular formula is C3H7N6O6+. The molecule has 0 aromatic heterocycles. The van der Waals surface area contributed by atoms with Gasteiger partial charge in [0, 0.05) is 0 Å². The Hall–Kier alpha value is -2.40. The smallest absolute Gasteiger partial charge is 0.235 e. The summed E-state index contributed by atoms with van der Waals surface area (Å²) in [5, 5.41) is 29.3. The molecule has 0 spiro atoms. The second-order valence-corrected chi connectivity index (χ2v) is 2.66. The van der Waals surface area contributed by atoms with Crippen LogP contribution in [0.1, 0.15) is 1.43 Å². The number of rotatable bonds is 3. The van der Waals surface area contributed by atoms with Crippen LogP contribution in [0.25, 0.3) is 0 Å². The van der Waals surface area contributed by atoms with Crippen LogP contribution in [0, 0.1) is 30.3 Å². The van der Waals surface area contributed by atoms with Gasteiger partial charge in [0.2, 0.25) is 20.0 Å². The van der Waals surface area contributed by atoms with E-state index < -0.39 is 35.1 Å². The molecule has 0 atom stereocenters. The topological polar surface area (TPSA) is 139 Å². The van der Waals surface area contributed by atoms with E-state index in [1.165, 1.54) is 0 Å². The quantitative estimate of drug-likeness (QED) is 0.411. The summed E-state index contributed by atoms with van der Waals surface area (Å²) in [5.41, 5.74) is 0. The van der Waals surface area contributed by atoms with Gasteiger partial charge in [0.1, 0.15) is 0 Å². The molecule has 12 heteroatoms. The minimum atomic E-state index is -0.924. The fourth-order valence-electron chi connectivity index (χ4n) is 1.01. The van der Waals surface area contributed by atoms with Crippen molar-refractivity contribution in [2.75, 3.05) is 20.0 Å². The maximum atomic E-state index is 10.3. The highest BCUT2D eigenvalue weighted by Crippen LogP contribution is 2.06. The lowest BCUT2D eigenvalue weighted by Gasteiger charge is -2.27.